The molecule has 2 rings (SSSR count). The average molecular weight is 429 g/mol. The highest BCUT2D eigenvalue weighted by Crippen LogP contribution is 2.46. The van der Waals surface area contributed by atoms with Crippen molar-refractivity contribution in [3.05, 3.63) is 75.8 Å². The Balaban J connectivity index is 2.55. The van der Waals surface area contributed by atoms with Gasteiger partial charge in [-0.15, -0.1) is 0 Å². The lowest BCUT2D eigenvalue weighted by Gasteiger charge is -2.35. The standard InChI is InChI=1S/C26H36O3S/c1-20(16-18-27)11-9-12-21(2)19-24(25-22(3)13-10-17-26(25,4)5)30(28,29)23-14-7-6-8-15-23/h6-8,12,14-16,19,27H,9-11,13,17-18H2,1-5H3. The van der Waals surface area contributed by atoms with E-state index in [1.165, 1.54) is 5.57 Å². The molecule has 1 aliphatic carbocycles. The lowest BCUT2D eigenvalue weighted by Crippen LogP contribution is -2.25. The number of sulfone groups is 1. The summed E-state index contributed by atoms with van der Waals surface area (Å²) in [4.78, 5) is 0.778. The van der Waals surface area contributed by atoms with E-state index in [-0.39, 0.29) is 12.0 Å². The topological polar surface area (TPSA) is 54.4 Å². The molecule has 0 heterocycles. The molecule has 0 unspecified atom stereocenters. The van der Waals surface area contributed by atoms with E-state index in [1.54, 1.807) is 24.3 Å². The molecule has 1 aromatic rings. The van der Waals surface area contributed by atoms with Crippen molar-refractivity contribution in [1.29, 1.82) is 0 Å². The molecule has 1 aliphatic rings. The van der Waals surface area contributed by atoms with Crippen LogP contribution in [-0.4, -0.2) is 20.1 Å². The van der Waals surface area contributed by atoms with Gasteiger partial charge in [-0.1, -0.05) is 60.9 Å². The van der Waals surface area contributed by atoms with E-state index in [1.807, 2.05) is 32.1 Å². The van der Waals surface area contributed by atoms with Gasteiger partial charge in [0.15, 0.2) is 0 Å². The van der Waals surface area contributed by atoms with Gasteiger partial charge in [-0.05, 0) is 82.1 Å². The quantitative estimate of drug-likeness (QED) is 0.378. The van der Waals surface area contributed by atoms with Gasteiger partial charge in [0.1, 0.15) is 0 Å². The van der Waals surface area contributed by atoms with E-state index in [0.717, 1.165) is 48.8 Å². The average Bonchev–Trinajstić information content (AvgIpc) is 2.67. The van der Waals surface area contributed by atoms with Gasteiger partial charge in [0.05, 0.1) is 16.4 Å². The van der Waals surface area contributed by atoms with Crippen LogP contribution in [0.3, 0.4) is 0 Å². The van der Waals surface area contributed by atoms with E-state index in [0.29, 0.717) is 9.80 Å². The fourth-order valence-electron chi connectivity index (χ4n) is 4.23. The lowest BCUT2D eigenvalue weighted by atomic mass is 9.72. The van der Waals surface area contributed by atoms with Crippen molar-refractivity contribution < 1.29 is 13.5 Å². The third kappa shape index (κ3) is 6.05. The van der Waals surface area contributed by atoms with Crippen molar-refractivity contribution in [3.8, 4) is 0 Å². The molecule has 3 nitrogen and oxygen atoms in total. The number of allylic oxidation sites excluding steroid dienone is 6. The third-order valence-electron chi connectivity index (χ3n) is 5.85. The third-order valence-corrected chi connectivity index (χ3v) is 7.64. The Hall–Kier alpha value is -1.91. The van der Waals surface area contributed by atoms with Gasteiger partial charge in [0, 0.05) is 0 Å². The molecule has 0 saturated heterocycles. The fraction of sp³-hybridized carbons (Fsp3) is 0.462. The Morgan fingerprint density at radius 2 is 1.80 bits per heavy atom. The highest BCUT2D eigenvalue weighted by molar-refractivity contribution is 7.95. The molecule has 1 aromatic carbocycles. The SMILES string of the molecule is CC(=CCCC(C)=CCO)C=C(C1=C(C)CCCC1(C)C)S(=O)(=O)c1ccccc1. The van der Waals surface area contributed by atoms with Gasteiger partial charge >= 0.3 is 0 Å². The van der Waals surface area contributed by atoms with Gasteiger partial charge in [-0.3, -0.25) is 0 Å². The second-order valence-corrected chi connectivity index (χ2v) is 10.9. The van der Waals surface area contributed by atoms with Crippen LogP contribution < -0.4 is 0 Å². The number of hydrogen-bond acceptors (Lipinski definition) is 3. The Morgan fingerprint density at radius 3 is 2.40 bits per heavy atom. The van der Waals surface area contributed by atoms with Gasteiger partial charge < -0.3 is 5.11 Å². The maximum Gasteiger partial charge on any atom is 0.206 e. The monoisotopic (exact) mass is 428 g/mol. The molecule has 0 amide bonds. The van der Waals surface area contributed by atoms with Crippen LogP contribution in [0.2, 0.25) is 0 Å². The van der Waals surface area contributed by atoms with Crippen molar-refractivity contribution in [3.63, 3.8) is 0 Å². The van der Waals surface area contributed by atoms with E-state index in [4.69, 9.17) is 5.11 Å². The van der Waals surface area contributed by atoms with E-state index in [9.17, 15) is 8.42 Å². The molecule has 164 valence electrons. The first kappa shape index (κ1) is 24.4. The molecule has 0 fully saturated rings. The maximum atomic E-state index is 13.7. The van der Waals surface area contributed by atoms with Crippen LogP contribution in [0, 0.1) is 5.41 Å². The summed E-state index contributed by atoms with van der Waals surface area (Å²) in [6.07, 6.45) is 10.4. The number of rotatable bonds is 8. The minimum Gasteiger partial charge on any atom is -0.392 e. The first-order valence-electron chi connectivity index (χ1n) is 10.8. The predicted octanol–water partition coefficient (Wildman–Crippen LogP) is 6.54. The van der Waals surface area contributed by atoms with Gasteiger partial charge in [0.25, 0.3) is 0 Å². The minimum absolute atomic E-state index is 0.0520. The molecule has 0 radical (unpaired) electrons. The summed E-state index contributed by atoms with van der Waals surface area (Å²) >= 11 is 0. The van der Waals surface area contributed by atoms with E-state index >= 15 is 0 Å². The summed E-state index contributed by atoms with van der Waals surface area (Å²) in [6, 6.07) is 8.74. The molecule has 0 aromatic heterocycles. The summed E-state index contributed by atoms with van der Waals surface area (Å²) in [7, 11) is -3.63. The second-order valence-electron chi connectivity index (χ2n) is 8.94. The largest absolute Gasteiger partial charge is 0.392 e. The summed E-state index contributed by atoms with van der Waals surface area (Å²) in [5.74, 6) is 0. The van der Waals surface area contributed by atoms with Crippen LogP contribution >= 0.6 is 0 Å². The normalized spacial score (nSPS) is 18.7. The molecular formula is C26H36O3S. The smallest absolute Gasteiger partial charge is 0.206 e. The molecule has 4 heteroatoms. The Morgan fingerprint density at radius 1 is 1.13 bits per heavy atom. The fourth-order valence-corrected chi connectivity index (χ4v) is 6.06. The number of aliphatic hydroxyl groups is 1. The van der Waals surface area contributed by atoms with Crippen LogP contribution in [0.15, 0.2) is 80.7 Å². The molecule has 0 saturated carbocycles. The summed E-state index contributed by atoms with van der Waals surface area (Å²) in [6.45, 7) is 10.4. The maximum absolute atomic E-state index is 13.7. The summed E-state index contributed by atoms with van der Waals surface area (Å²) in [5, 5.41) is 9.01. The van der Waals surface area contributed by atoms with Crippen molar-refractivity contribution in [2.45, 2.75) is 71.6 Å². The number of benzene rings is 1. The molecule has 1 N–H and O–H groups in total. The lowest BCUT2D eigenvalue weighted by molar-refractivity contribution is 0.341. The van der Waals surface area contributed by atoms with E-state index < -0.39 is 9.84 Å². The first-order valence-corrected chi connectivity index (χ1v) is 12.2. The molecule has 0 spiro atoms. The molecular weight excluding hydrogens is 392 g/mol. The highest BCUT2D eigenvalue weighted by Gasteiger charge is 2.36. The number of hydrogen-bond donors (Lipinski definition) is 1. The van der Waals surface area contributed by atoms with Crippen molar-refractivity contribution >= 4 is 9.84 Å². The molecule has 30 heavy (non-hydrogen) atoms. The minimum atomic E-state index is -3.63. The molecule has 0 atom stereocenters. The Labute approximate surface area is 182 Å². The number of aliphatic hydroxyl groups excluding tert-OH is 1. The van der Waals surface area contributed by atoms with Crippen molar-refractivity contribution in [2.75, 3.05) is 6.61 Å². The van der Waals surface area contributed by atoms with Gasteiger partial charge in [-0.25, -0.2) is 8.42 Å². The van der Waals surface area contributed by atoms with Crippen LogP contribution in [0.4, 0.5) is 0 Å². The van der Waals surface area contributed by atoms with E-state index in [2.05, 4.69) is 26.8 Å². The first-order chi connectivity index (χ1) is 14.1. The van der Waals surface area contributed by atoms with Crippen LogP contribution in [0.5, 0.6) is 0 Å². The van der Waals surface area contributed by atoms with Gasteiger partial charge in [0.2, 0.25) is 9.84 Å². The molecule has 0 bridgehead atoms. The van der Waals surface area contributed by atoms with Crippen molar-refractivity contribution in [1.82, 2.24) is 0 Å². The van der Waals surface area contributed by atoms with Crippen LogP contribution in [-0.2, 0) is 9.84 Å². The zero-order valence-electron chi connectivity index (χ0n) is 19.0. The van der Waals surface area contributed by atoms with Crippen LogP contribution in [0.25, 0.3) is 0 Å². The highest BCUT2D eigenvalue weighted by atomic mass is 32.2. The zero-order chi connectivity index (χ0) is 22.4. The van der Waals surface area contributed by atoms with Gasteiger partial charge in [-0.2, -0.15) is 0 Å². The summed E-state index contributed by atoms with van der Waals surface area (Å²) in [5.41, 5.74) is 4.04. The Kier molecular flexibility index (Phi) is 8.45. The summed E-state index contributed by atoms with van der Waals surface area (Å²) < 4.78 is 27.4. The van der Waals surface area contributed by atoms with Crippen molar-refractivity contribution in [2.24, 2.45) is 5.41 Å². The zero-order valence-corrected chi connectivity index (χ0v) is 19.8. The van der Waals surface area contributed by atoms with Crippen LogP contribution in [0.1, 0.15) is 66.7 Å². The second kappa shape index (κ2) is 10.4. The molecule has 0 aliphatic heterocycles. The predicted molar refractivity (Wildman–Crippen MR) is 126 cm³/mol. The Bertz CT molecular complexity index is 959.